The molecule has 0 unspecified atom stereocenters. The van der Waals surface area contributed by atoms with Crippen molar-refractivity contribution in [3.8, 4) is 5.75 Å². The van der Waals surface area contributed by atoms with Crippen LogP contribution in [0.4, 0.5) is 0 Å². The smallest absolute Gasteiger partial charge is 0.254 e. The Labute approximate surface area is 154 Å². The van der Waals surface area contributed by atoms with E-state index in [1.54, 1.807) is 31.4 Å². The fraction of sp³-hybridized carbons (Fsp3) is 0.333. The molecule has 26 heavy (non-hydrogen) atoms. The Balaban J connectivity index is 1.67. The molecule has 5 nitrogen and oxygen atoms in total. The molecular weight excluding hydrogens is 328 g/mol. The maximum Gasteiger partial charge on any atom is 0.254 e. The quantitative estimate of drug-likeness (QED) is 0.853. The van der Waals surface area contributed by atoms with Crippen molar-refractivity contribution in [2.45, 2.75) is 13.3 Å². The summed E-state index contributed by atoms with van der Waals surface area (Å²) in [5, 5.41) is 0. The number of amides is 2. The summed E-state index contributed by atoms with van der Waals surface area (Å²) in [6.45, 7) is 4.37. The SMILES string of the molecule is COc1ccc(C(=O)N2CCCN(C(=O)c3ccccc3C)CC2)cc1. The van der Waals surface area contributed by atoms with Crippen LogP contribution in [0, 0.1) is 6.92 Å². The first kappa shape index (κ1) is 18.0. The molecule has 5 heteroatoms. The van der Waals surface area contributed by atoms with Crippen molar-refractivity contribution in [3.63, 3.8) is 0 Å². The van der Waals surface area contributed by atoms with E-state index in [-0.39, 0.29) is 11.8 Å². The average molecular weight is 352 g/mol. The summed E-state index contributed by atoms with van der Waals surface area (Å²) < 4.78 is 5.14. The van der Waals surface area contributed by atoms with E-state index in [4.69, 9.17) is 4.74 Å². The second-order valence-corrected chi connectivity index (χ2v) is 6.48. The molecule has 0 atom stereocenters. The van der Waals surface area contributed by atoms with Crippen LogP contribution in [0.15, 0.2) is 48.5 Å². The molecule has 1 fully saturated rings. The lowest BCUT2D eigenvalue weighted by molar-refractivity contribution is 0.0718. The number of benzene rings is 2. The number of rotatable bonds is 3. The topological polar surface area (TPSA) is 49.9 Å². The molecule has 1 saturated heterocycles. The van der Waals surface area contributed by atoms with Gasteiger partial charge in [0.15, 0.2) is 0 Å². The molecule has 2 amide bonds. The van der Waals surface area contributed by atoms with E-state index >= 15 is 0 Å². The minimum Gasteiger partial charge on any atom is -0.497 e. The Bertz CT molecular complexity index is 786. The van der Waals surface area contributed by atoms with Gasteiger partial charge in [-0.15, -0.1) is 0 Å². The van der Waals surface area contributed by atoms with E-state index in [1.807, 2.05) is 41.0 Å². The van der Waals surface area contributed by atoms with Gasteiger partial charge in [-0.1, -0.05) is 18.2 Å². The standard InChI is InChI=1S/C21H24N2O3/c1-16-6-3-4-7-19(16)21(25)23-13-5-12-22(14-15-23)20(24)17-8-10-18(26-2)11-9-17/h3-4,6-11H,5,12-15H2,1-2H3. The molecular formula is C21H24N2O3. The molecule has 0 N–H and O–H groups in total. The Hall–Kier alpha value is -2.82. The van der Waals surface area contributed by atoms with Crippen molar-refractivity contribution >= 4 is 11.8 Å². The normalized spacial score (nSPS) is 14.7. The molecule has 0 spiro atoms. The van der Waals surface area contributed by atoms with Crippen molar-refractivity contribution < 1.29 is 14.3 Å². The third-order valence-electron chi connectivity index (χ3n) is 4.78. The van der Waals surface area contributed by atoms with Crippen LogP contribution in [0.25, 0.3) is 0 Å². The highest BCUT2D eigenvalue weighted by Crippen LogP contribution is 2.16. The zero-order chi connectivity index (χ0) is 18.5. The first-order valence-corrected chi connectivity index (χ1v) is 8.88. The first-order chi connectivity index (χ1) is 12.6. The summed E-state index contributed by atoms with van der Waals surface area (Å²) in [5.74, 6) is 0.770. The van der Waals surface area contributed by atoms with Crippen molar-refractivity contribution in [1.82, 2.24) is 9.80 Å². The van der Waals surface area contributed by atoms with Gasteiger partial charge < -0.3 is 14.5 Å². The third kappa shape index (κ3) is 3.87. The van der Waals surface area contributed by atoms with Crippen molar-refractivity contribution in [1.29, 1.82) is 0 Å². The maximum atomic E-state index is 12.8. The number of ether oxygens (including phenoxy) is 1. The number of hydrogen-bond acceptors (Lipinski definition) is 3. The largest absolute Gasteiger partial charge is 0.497 e. The summed E-state index contributed by atoms with van der Waals surface area (Å²) in [6.07, 6.45) is 0.777. The Morgan fingerprint density at radius 2 is 1.46 bits per heavy atom. The minimum absolute atomic E-state index is 0.00200. The van der Waals surface area contributed by atoms with Crippen LogP contribution in [-0.4, -0.2) is 54.9 Å². The van der Waals surface area contributed by atoms with Gasteiger partial charge in [-0.3, -0.25) is 9.59 Å². The van der Waals surface area contributed by atoms with E-state index in [0.717, 1.165) is 23.3 Å². The predicted octanol–water partition coefficient (Wildman–Crippen LogP) is 2.99. The Morgan fingerprint density at radius 3 is 2.08 bits per heavy atom. The molecule has 2 aromatic carbocycles. The lowest BCUT2D eigenvalue weighted by atomic mass is 10.1. The Kier molecular flexibility index (Phi) is 5.56. The highest BCUT2D eigenvalue weighted by molar-refractivity contribution is 5.96. The van der Waals surface area contributed by atoms with Gasteiger partial charge in [0.25, 0.3) is 11.8 Å². The fourth-order valence-electron chi connectivity index (χ4n) is 3.22. The zero-order valence-corrected chi connectivity index (χ0v) is 15.3. The van der Waals surface area contributed by atoms with Gasteiger partial charge in [0.1, 0.15) is 5.75 Å². The van der Waals surface area contributed by atoms with Crippen LogP contribution < -0.4 is 4.74 Å². The van der Waals surface area contributed by atoms with Crippen LogP contribution in [0.1, 0.15) is 32.7 Å². The number of hydrogen-bond donors (Lipinski definition) is 0. The number of carbonyl (C=O) groups is 2. The number of methoxy groups -OCH3 is 1. The van der Waals surface area contributed by atoms with Gasteiger partial charge in [0, 0.05) is 37.3 Å². The van der Waals surface area contributed by atoms with Crippen molar-refractivity contribution in [3.05, 3.63) is 65.2 Å². The van der Waals surface area contributed by atoms with Crippen LogP contribution in [0.2, 0.25) is 0 Å². The molecule has 0 aromatic heterocycles. The third-order valence-corrected chi connectivity index (χ3v) is 4.78. The average Bonchev–Trinajstić information content (AvgIpc) is 2.93. The van der Waals surface area contributed by atoms with Crippen LogP contribution in [0.3, 0.4) is 0 Å². The van der Waals surface area contributed by atoms with Crippen molar-refractivity contribution in [2.24, 2.45) is 0 Å². The Morgan fingerprint density at radius 1 is 0.846 bits per heavy atom. The van der Waals surface area contributed by atoms with E-state index in [0.29, 0.717) is 31.7 Å². The molecule has 1 aliphatic rings. The monoisotopic (exact) mass is 352 g/mol. The van der Waals surface area contributed by atoms with Gasteiger partial charge in [-0.2, -0.15) is 0 Å². The minimum atomic E-state index is -0.00200. The van der Waals surface area contributed by atoms with Gasteiger partial charge in [-0.25, -0.2) is 0 Å². The van der Waals surface area contributed by atoms with E-state index in [9.17, 15) is 9.59 Å². The van der Waals surface area contributed by atoms with Crippen LogP contribution >= 0.6 is 0 Å². The summed E-state index contributed by atoms with van der Waals surface area (Å²) in [7, 11) is 1.60. The van der Waals surface area contributed by atoms with E-state index in [2.05, 4.69) is 0 Å². The molecule has 2 aromatic rings. The lowest BCUT2D eigenvalue weighted by Crippen LogP contribution is -2.37. The van der Waals surface area contributed by atoms with Crippen LogP contribution in [-0.2, 0) is 0 Å². The molecule has 3 rings (SSSR count). The molecule has 0 bridgehead atoms. The molecule has 0 saturated carbocycles. The van der Waals surface area contributed by atoms with E-state index in [1.165, 1.54) is 0 Å². The van der Waals surface area contributed by atoms with Gasteiger partial charge in [0.05, 0.1) is 7.11 Å². The predicted molar refractivity (Wildman–Crippen MR) is 101 cm³/mol. The van der Waals surface area contributed by atoms with Crippen LogP contribution in [0.5, 0.6) is 5.75 Å². The van der Waals surface area contributed by atoms with Gasteiger partial charge >= 0.3 is 0 Å². The lowest BCUT2D eigenvalue weighted by Gasteiger charge is -2.23. The van der Waals surface area contributed by atoms with E-state index < -0.39 is 0 Å². The summed E-state index contributed by atoms with van der Waals surface area (Å²) >= 11 is 0. The number of nitrogens with zero attached hydrogens (tertiary/aromatic N) is 2. The fourth-order valence-corrected chi connectivity index (χ4v) is 3.22. The maximum absolute atomic E-state index is 12.8. The van der Waals surface area contributed by atoms with Gasteiger partial charge in [0.2, 0.25) is 0 Å². The zero-order valence-electron chi connectivity index (χ0n) is 15.3. The van der Waals surface area contributed by atoms with Gasteiger partial charge in [-0.05, 0) is 49.2 Å². The molecule has 1 aliphatic heterocycles. The summed E-state index contributed by atoms with van der Waals surface area (Å²) in [4.78, 5) is 29.2. The molecule has 1 heterocycles. The van der Waals surface area contributed by atoms with Crippen molar-refractivity contribution in [2.75, 3.05) is 33.3 Å². The first-order valence-electron chi connectivity index (χ1n) is 8.88. The second-order valence-electron chi connectivity index (χ2n) is 6.48. The second kappa shape index (κ2) is 8.04. The summed E-state index contributed by atoms with van der Waals surface area (Å²) in [6, 6.07) is 14.8. The molecule has 0 aliphatic carbocycles. The number of carbonyl (C=O) groups excluding carboxylic acids is 2. The highest BCUT2D eigenvalue weighted by Gasteiger charge is 2.24. The summed E-state index contributed by atoms with van der Waals surface area (Å²) in [5.41, 5.74) is 2.36. The molecule has 136 valence electrons. The molecule has 0 radical (unpaired) electrons. The highest BCUT2D eigenvalue weighted by atomic mass is 16.5. The number of aryl methyl sites for hydroxylation is 1.